The minimum atomic E-state index is 0.278. The molecule has 1 unspecified atom stereocenters. The highest BCUT2D eigenvalue weighted by Crippen LogP contribution is 2.12. The number of β-amino-alcohol motifs (C(OH)–C–C–N with tert-alkyl or cyclic N) is 1. The predicted octanol–water partition coefficient (Wildman–Crippen LogP) is 0.114. The van der Waals surface area contributed by atoms with Gasteiger partial charge < -0.3 is 10.8 Å². The number of rotatable bonds is 6. The molecule has 0 aliphatic carbocycles. The first-order valence-electron chi connectivity index (χ1n) is 6.59. The van der Waals surface area contributed by atoms with E-state index in [1.165, 1.54) is 19.4 Å². The molecule has 96 valence electrons. The van der Waals surface area contributed by atoms with E-state index in [0.717, 1.165) is 39.1 Å². The molecular weight excluding hydrogens is 202 g/mol. The Bertz CT molecular complexity index is 178. The zero-order valence-electron chi connectivity index (χ0n) is 10.6. The smallest absolute Gasteiger partial charge is 0.0558 e. The zero-order chi connectivity index (χ0) is 11.8. The van der Waals surface area contributed by atoms with E-state index in [-0.39, 0.29) is 6.61 Å². The van der Waals surface area contributed by atoms with Crippen molar-refractivity contribution in [3.63, 3.8) is 0 Å². The van der Waals surface area contributed by atoms with E-state index in [1.54, 1.807) is 0 Å². The quantitative estimate of drug-likeness (QED) is 0.679. The number of nitrogens with zero attached hydrogens (tertiary/aromatic N) is 2. The van der Waals surface area contributed by atoms with Crippen LogP contribution in [0.4, 0.5) is 0 Å². The van der Waals surface area contributed by atoms with Crippen LogP contribution in [-0.2, 0) is 0 Å². The first kappa shape index (κ1) is 13.9. The maximum atomic E-state index is 8.94. The van der Waals surface area contributed by atoms with Gasteiger partial charge in [0.25, 0.3) is 0 Å². The number of nitrogens with two attached hydrogens (primary N) is 1. The van der Waals surface area contributed by atoms with Crippen LogP contribution in [-0.4, -0.2) is 66.8 Å². The van der Waals surface area contributed by atoms with Crippen molar-refractivity contribution in [2.75, 3.05) is 45.9 Å². The van der Waals surface area contributed by atoms with Crippen molar-refractivity contribution in [2.45, 2.75) is 32.2 Å². The summed E-state index contributed by atoms with van der Waals surface area (Å²) in [7, 11) is 0. The van der Waals surface area contributed by atoms with Gasteiger partial charge in [-0.2, -0.15) is 0 Å². The third-order valence-corrected chi connectivity index (χ3v) is 3.53. The Hall–Kier alpha value is -0.160. The topological polar surface area (TPSA) is 52.7 Å². The highest BCUT2D eigenvalue weighted by atomic mass is 16.3. The molecule has 1 rings (SSSR count). The summed E-state index contributed by atoms with van der Waals surface area (Å²) >= 11 is 0. The molecule has 3 N–H and O–H groups in total. The number of hydrogen-bond donors (Lipinski definition) is 2. The van der Waals surface area contributed by atoms with Gasteiger partial charge in [-0.3, -0.25) is 9.80 Å². The highest BCUT2D eigenvalue weighted by molar-refractivity contribution is 4.76. The molecule has 0 amide bonds. The van der Waals surface area contributed by atoms with Gasteiger partial charge in [0.2, 0.25) is 0 Å². The van der Waals surface area contributed by atoms with Gasteiger partial charge in [0.15, 0.2) is 0 Å². The lowest BCUT2D eigenvalue weighted by Gasteiger charge is -2.29. The lowest BCUT2D eigenvalue weighted by Crippen LogP contribution is -2.39. The van der Waals surface area contributed by atoms with Gasteiger partial charge in [0.05, 0.1) is 6.61 Å². The largest absolute Gasteiger partial charge is 0.395 e. The van der Waals surface area contributed by atoms with Crippen LogP contribution in [0, 0.1) is 0 Å². The van der Waals surface area contributed by atoms with Gasteiger partial charge in [-0.05, 0) is 38.9 Å². The summed E-state index contributed by atoms with van der Waals surface area (Å²) in [5.41, 5.74) is 5.66. The van der Waals surface area contributed by atoms with Crippen LogP contribution in [0.25, 0.3) is 0 Å². The molecule has 0 radical (unpaired) electrons. The van der Waals surface area contributed by atoms with E-state index in [0.29, 0.717) is 6.04 Å². The first-order chi connectivity index (χ1) is 7.81. The molecule has 1 aliphatic rings. The molecule has 0 aromatic heterocycles. The van der Waals surface area contributed by atoms with Crippen LogP contribution in [0.15, 0.2) is 0 Å². The third kappa shape index (κ3) is 4.37. The molecule has 0 aromatic carbocycles. The van der Waals surface area contributed by atoms with Gasteiger partial charge in [0.1, 0.15) is 0 Å². The second kappa shape index (κ2) is 8.01. The number of hydrogen-bond acceptors (Lipinski definition) is 4. The molecule has 0 bridgehead atoms. The lowest BCUT2D eigenvalue weighted by molar-refractivity contribution is 0.173. The summed E-state index contributed by atoms with van der Waals surface area (Å²) in [4.78, 5) is 4.93. The molecule has 4 heteroatoms. The average molecular weight is 229 g/mol. The number of aliphatic hydroxyl groups is 1. The molecule has 1 atom stereocenters. The molecule has 4 nitrogen and oxygen atoms in total. The molecule has 16 heavy (non-hydrogen) atoms. The highest BCUT2D eigenvalue weighted by Gasteiger charge is 2.19. The fourth-order valence-corrected chi connectivity index (χ4v) is 2.56. The van der Waals surface area contributed by atoms with E-state index in [1.807, 2.05) is 0 Å². The van der Waals surface area contributed by atoms with Crippen LogP contribution in [0.1, 0.15) is 26.2 Å². The van der Waals surface area contributed by atoms with Crippen molar-refractivity contribution in [1.82, 2.24) is 9.80 Å². The van der Waals surface area contributed by atoms with Crippen LogP contribution >= 0.6 is 0 Å². The molecule has 1 heterocycles. The summed E-state index contributed by atoms with van der Waals surface area (Å²) in [6, 6.07) is 0.652. The van der Waals surface area contributed by atoms with E-state index in [4.69, 9.17) is 10.8 Å². The molecule has 1 saturated heterocycles. The normalized spacial score (nSPS) is 21.9. The molecular formula is C12H27N3O. The van der Waals surface area contributed by atoms with Gasteiger partial charge in [-0.1, -0.05) is 6.92 Å². The summed E-state index contributed by atoms with van der Waals surface area (Å²) in [5, 5.41) is 8.94. The zero-order valence-corrected chi connectivity index (χ0v) is 10.6. The maximum absolute atomic E-state index is 8.94. The molecule has 0 aromatic rings. The SMILES string of the molecule is CCC(CCN)N1CCCN(CCO)CC1. The third-order valence-electron chi connectivity index (χ3n) is 3.53. The van der Waals surface area contributed by atoms with Crippen LogP contribution < -0.4 is 5.73 Å². The van der Waals surface area contributed by atoms with Crippen LogP contribution in [0.2, 0.25) is 0 Å². The maximum Gasteiger partial charge on any atom is 0.0558 e. The summed E-state index contributed by atoms with van der Waals surface area (Å²) in [5.74, 6) is 0. The molecule has 1 aliphatic heterocycles. The fraction of sp³-hybridized carbons (Fsp3) is 1.00. The lowest BCUT2D eigenvalue weighted by atomic mass is 10.1. The van der Waals surface area contributed by atoms with Gasteiger partial charge in [-0.25, -0.2) is 0 Å². The fourth-order valence-electron chi connectivity index (χ4n) is 2.56. The standard InChI is InChI=1S/C12H27N3O/c1-2-12(4-5-13)15-7-3-6-14(8-9-15)10-11-16/h12,16H,2-11,13H2,1H3. The Balaban J connectivity index is 2.38. The van der Waals surface area contributed by atoms with E-state index in [9.17, 15) is 0 Å². The Morgan fingerprint density at radius 1 is 1.25 bits per heavy atom. The van der Waals surface area contributed by atoms with E-state index >= 15 is 0 Å². The Kier molecular flexibility index (Phi) is 6.96. The van der Waals surface area contributed by atoms with Gasteiger partial charge in [-0.15, -0.1) is 0 Å². The van der Waals surface area contributed by atoms with Crippen molar-refractivity contribution < 1.29 is 5.11 Å². The average Bonchev–Trinajstić information content (AvgIpc) is 2.52. The van der Waals surface area contributed by atoms with Crippen molar-refractivity contribution in [3.8, 4) is 0 Å². The first-order valence-corrected chi connectivity index (χ1v) is 6.59. The van der Waals surface area contributed by atoms with Crippen LogP contribution in [0.3, 0.4) is 0 Å². The Morgan fingerprint density at radius 3 is 2.69 bits per heavy atom. The number of aliphatic hydroxyl groups excluding tert-OH is 1. The van der Waals surface area contributed by atoms with E-state index in [2.05, 4.69) is 16.7 Å². The minimum absolute atomic E-state index is 0.278. The van der Waals surface area contributed by atoms with Crippen molar-refractivity contribution in [3.05, 3.63) is 0 Å². The Labute approximate surface area is 99.4 Å². The predicted molar refractivity (Wildman–Crippen MR) is 67.5 cm³/mol. The van der Waals surface area contributed by atoms with Gasteiger partial charge in [0, 0.05) is 25.7 Å². The summed E-state index contributed by atoms with van der Waals surface area (Å²) in [6.45, 7) is 8.64. The van der Waals surface area contributed by atoms with Crippen molar-refractivity contribution >= 4 is 0 Å². The summed E-state index contributed by atoms with van der Waals surface area (Å²) < 4.78 is 0. The summed E-state index contributed by atoms with van der Waals surface area (Å²) in [6.07, 6.45) is 3.51. The monoisotopic (exact) mass is 229 g/mol. The molecule has 1 fully saturated rings. The molecule has 0 saturated carbocycles. The van der Waals surface area contributed by atoms with Crippen molar-refractivity contribution in [2.24, 2.45) is 5.73 Å². The van der Waals surface area contributed by atoms with Crippen LogP contribution in [0.5, 0.6) is 0 Å². The minimum Gasteiger partial charge on any atom is -0.395 e. The second-order valence-corrected chi connectivity index (χ2v) is 4.59. The second-order valence-electron chi connectivity index (χ2n) is 4.59. The van der Waals surface area contributed by atoms with E-state index < -0.39 is 0 Å². The van der Waals surface area contributed by atoms with Gasteiger partial charge >= 0.3 is 0 Å². The molecule has 0 spiro atoms. The van der Waals surface area contributed by atoms with Crippen molar-refractivity contribution in [1.29, 1.82) is 0 Å². The Morgan fingerprint density at radius 2 is 2.06 bits per heavy atom.